The third-order valence-electron chi connectivity index (χ3n) is 3.77. The van der Waals surface area contributed by atoms with Crippen LogP contribution in [0.3, 0.4) is 0 Å². The van der Waals surface area contributed by atoms with Crippen LogP contribution in [0.2, 0.25) is 0 Å². The van der Waals surface area contributed by atoms with Crippen LogP contribution >= 0.6 is 0 Å². The molecule has 2 rings (SSSR count). The van der Waals surface area contributed by atoms with E-state index in [1.165, 1.54) is 22.8 Å². The highest BCUT2D eigenvalue weighted by Crippen LogP contribution is 2.29. The Kier molecular flexibility index (Phi) is 5.50. The summed E-state index contributed by atoms with van der Waals surface area (Å²) < 4.78 is 65.5. The van der Waals surface area contributed by atoms with Gasteiger partial charge in [0.2, 0.25) is 5.91 Å². The van der Waals surface area contributed by atoms with Crippen molar-refractivity contribution in [3.63, 3.8) is 0 Å². The Hall–Kier alpha value is -1.66. The van der Waals surface area contributed by atoms with Gasteiger partial charge in [-0.2, -0.15) is 31.4 Å². The summed E-state index contributed by atoms with van der Waals surface area (Å²) in [5.41, 5.74) is -0.942. The zero-order valence-corrected chi connectivity index (χ0v) is 13.7. The quantitative estimate of drug-likeness (QED) is 0.771. The monoisotopic (exact) mass is 369 g/mol. The maximum Gasteiger partial charge on any atom is 0.435 e. The van der Waals surface area contributed by atoms with Gasteiger partial charge in [-0.1, -0.05) is 0 Å². The van der Waals surface area contributed by atoms with Crippen LogP contribution in [0.5, 0.6) is 0 Å². The number of rotatable bonds is 5. The molecule has 1 aromatic rings. The highest BCUT2D eigenvalue weighted by atomic mass is 32.2. The van der Waals surface area contributed by atoms with Crippen molar-refractivity contribution in [3.05, 3.63) is 18.0 Å². The second-order valence-electron chi connectivity index (χ2n) is 5.32. The summed E-state index contributed by atoms with van der Waals surface area (Å²) in [7, 11) is -2.47. The van der Waals surface area contributed by atoms with Gasteiger partial charge in [0.15, 0.2) is 5.69 Å². The van der Waals surface area contributed by atoms with Crippen molar-refractivity contribution in [2.75, 3.05) is 26.7 Å². The summed E-state index contributed by atoms with van der Waals surface area (Å²) in [5, 5.41) is 3.54. The Morgan fingerprint density at radius 1 is 1.38 bits per heavy atom. The molecule has 12 heteroatoms. The minimum absolute atomic E-state index is 0.223. The highest BCUT2D eigenvalue weighted by molar-refractivity contribution is 7.87. The van der Waals surface area contributed by atoms with Gasteiger partial charge in [0, 0.05) is 26.3 Å². The maximum atomic E-state index is 12.6. The zero-order valence-electron chi connectivity index (χ0n) is 12.9. The first-order chi connectivity index (χ1) is 11.1. The Labute approximate surface area is 137 Å². The summed E-state index contributed by atoms with van der Waals surface area (Å²) in [4.78, 5) is 13.4. The van der Waals surface area contributed by atoms with Crippen LogP contribution in [0.25, 0.3) is 0 Å². The number of nitrogens with one attached hydrogen (secondary N) is 2. The lowest BCUT2D eigenvalue weighted by Gasteiger charge is -2.32. The third-order valence-corrected chi connectivity index (χ3v) is 4.83. The summed E-state index contributed by atoms with van der Waals surface area (Å²) in [6.45, 7) is 0.284. The number of halogens is 3. The largest absolute Gasteiger partial charge is 0.435 e. The fourth-order valence-electron chi connectivity index (χ4n) is 2.41. The summed E-state index contributed by atoms with van der Waals surface area (Å²) in [6.07, 6.45) is -2.30. The first-order valence-electron chi connectivity index (χ1n) is 7.20. The van der Waals surface area contributed by atoms with E-state index in [-0.39, 0.29) is 18.5 Å². The predicted octanol–water partition coefficient (Wildman–Crippen LogP) is 0.119. The highest BCUT2D eigenvalue weighted by Gasteiger charge is 2.34. The van der Waals surface area contributed by atoms with Crippen LogP contribution in [0.4, 0.5) is 13.2 Å². The van der Waals surface area contributed by atoms with Gasteiger partial charge < -0.3 is 4.90 Å². The van der Waals surface area contributed by atoms with Crippen LogP contribution in [0, 0.1) is 0 Å². The van der Waals surface area contributed by atoms with Gasteiger partial charge in [-0.3, -0.25) is 9.48 Å². The van der Waals surface area contributed by atoms with Crippen LogP contribution in [0.1, 0.15) is 24.6 Å². The normalized spacial score (nSPS) is 17.2. The van der Waals surface area contributed by atoms with Crippen molar-refractivity contribution < 1.29 is 26.4 Å². The average molecular weight is 369 g/mol. The molecule has 1 amide bonds. The van der Waals surface area contributed by atoms with Gasteiger partial charge in [0.05, 0.1) is 12.6 Å². The number of alkyl halides is 3. The van der Waals surface area contributed by atoms with Crippen molar-refractivity contribution in [1.82, 2.24) is 24.1 Å². The van der Waals surface area contributed by atoms with E-state index >= 15 is 0 Å². The van der Waals surface area contributed by atoms with Gasteiger partial charge in [0.1, 0.15) is 0 Å². The zero-order chi connectivity index (χ0) is 18.0. The number of aromatic nitrogens is 2. The fraction of sp³-hybridized carbons (Fsp3) is 0.667. The number of amides is 1. The molecule has 1 aliphatic heterocycles. The van der Waals surface area contributed by atoms with Crippen molar-refractivity contribution in [2.45, 2.75) is 25.1 Å². The molecule has 0 bridgehead atoms. The molecule has 1 saturated heterocycles. The molecule has 2 N–H and O–H groups in total. The SMILES string of the molecule is CNS(=O)(=O)NCC(=O)N1CCC(n2ccc(C(F)(F)F)n2)CC1. The number of carbonyl (C=O) groups excluding carboxylic acids is 1. The van der Waals surface area contributed by atoms with Crippen LogP contribution < -0.4 is 9.44 Å². The van der Waals surface area contributed by atoms with E-state index in [0.29, 0.717) is 25.9 Å². The smallest absolute Gasteiger partial charge is 0.341 e. The molecule has 24 heavy (non-hydrogen) atoms. The van der Waals surface area contributed by atoms with E-state index in [0.717, 1.165) is 6.07 Å². The summed E-state index contributed by atoms with van der Waals surface area (Å²) in [5.74, 6) is -0.385. The molecule has 0 unspecified atom stereocenters. The molecule has 1 fully saturated rings. The standard InChI is InChI=1S/C12H18F3N5O3S/c1-16-24(22,23)17-8-11(21)19-5-2-9(3-6-19)20-7-4-10(18-20)12(13,14)15/h4,7,9,16-17H,2-3,5-6,8H2,1H3. The second-order valence-corrected chi connectivity index (χ2v) is 7.02. The molecular formula is C12H18F3N5O3S. The van der Waals surface area contributed by atoms with Crippen LogP contribution in [0.15, 0.2) is 12.3 Å². The predicted molar refractivity (Wildman–Crippen MR) is 78.1 cm³/mol. The fourth-order valence-corrected chi connectivity index (χ4v) is 2.87. The second kappa shape index (κ2) is 7.07. The Balaban J connectivity index is 1.87. The third kappa shape index (κ3) is 4.68. The number of piperidine rings is 1. The summed E-state index contributed by atoms with van der Waals surface area (Å²) in [6, 6.07) is 0.698. The maximum absolute atomic E-state index is 12.6. The van der Waals surface area contributed by atoms with E-state index in [1.54, 1.807) is 0 Å². The first kappa shape index (κ1) is 18.7. The molecule has 2 heterocycles. The topological polar surface area (TPSA) is 96.3 Å². The number of likely N-dealkylation sites (tertiary alicyclic amines) is 1. The number of hydrogen-bond acceptors (Lipinski definition) is 4. The Morgan fingerprint density at radius 3 is 2.50 bits per heavy atom. The van der Waals surface area contributed by atoms with E-state index in [9.17, 15) is 26.4 Å². The van der Waals surface area contributed by atoms with E-state index in [2.05, 4.69) is 9.82 Å². The molecule has 1 aromatic heterocycles. The average Bonchev–Trinajstić information content (AvgIpc) is 3.03. The molecule has 0 atom stereocenters. The lowest BCUT2D eigenvalue weighted by atomic mass is 10.1. The molecule has 1 aliphatic rings. The van der Waals surface area contributed by atoms with E-state index in [4.69, 9.17) is 0 Å². The summed E-state index contributed by atoms with van der Waals surface area (Å²) >= 11 is 0. The van der Waals surface area contributed by atoms with E-state index < -0.39 is 22.1 Å². The lowest BCUT2D eigenvalue weighted by Crippen LogP contribution is -2.46. The van der Waals surface area contributed by atoms with Crippen molar-refractivity contribution >= 4 is 16.1 Å². The van der Waals surface area contributed by atoms with Crippen LogP contribution in [-0.2, 0) is 21.2 Å². The van der Waals surface area contributed by atoms with Crippen molar-refractivity contribution in [3.8, 4) is 0 Å². The van der Waals surface area contributed by atoms with Gasteiger partial charge in [-0.15, -0.1) is 0 Å². The molecular weight excluding hydrogens is 351 g/mol. The minimum Gasteiger partial charge on any atom is -0.341 e. The van der Waals surface area contributed by atoms with E-state index in [1.807, 2.05) is 4.72 Å². The van der Waals surface area contributed by atoms with Gasteiger partial charge in [0.25, 0.3) is 10.2 Å². The van der Waals surface area contributed by atoms with Gasteiger partial charge in [-0.05, 0) is 18.9 Å². The van der Waals surface area contributed by atoms with Crippen molar-refractivity contribution in [2.24, 2.45) is 0 Å². The molecule has 0 aliphatic carbocycles. The Morgan fingerprint density at radius 2 is 2.00 bits per heavy atom. The van der Waals surface area contributed by atoms with Gasteiger partial charge in [-0.25, -0.2) is 4.72 Å². The molecule has 0 aromatic carbocycles. The molecule has 136 valence electrons. The van der Waals surface area contributed by atoms with Crippen molar-refractivity contribution in [1.29, 1.82) is 0 Å². The number of carbonyl (C=O) groups is 1. The first-order valence-corrected chi connectivity index (χ1v) is 8.69. The molecule has 0 radical (unpaired) electrons. The molecule has 0 spiro atoms. The number of nitrogens with zero attached hydrogens (tertiary/aromatic N) is 3. The molecule has 8 nitrogen and oxygen atoms in total. The Bertz CT molecular complexity index is 680. The van der Waals surface area contributed by atoms with Gasteiger partial charge >= 0.3 is 6.18 Å². The van der Waals surface area contributed by atoms with Crippen LogP contribution in [-0.4, -0.2) is 55.7 Å². The number of hydrogen-bond donors (Lipinski definition) is 2. The minimum atomic E-state index is -4.48. The lowest BCUT2D eigenvalue weighted by molar-refractivity contribution is -0.141. The molecule has 0 saturated carbocycles.